The van der Waals surface area contributed by atoms with Gasteiger partial charge >= 0.3 is 0 Å². The number of carbonyl (C=O) groups excluding carboxylic acids is 2. The molecule has 1 aromatic rings. The normalized spacial score (nSPS) is 10.4. The van der Waals surface area contributed by atoms with Gasteiger partial charge in [-0.3, -0.25) is 9.59 Å². The van der Waals surface area contributed by atoms with Gasteiger partial charge in [0.2, 0.25) is 5.91 Å². The summed E-state index contributed by atoms with van der Waals surface area (Å²) >= 11 is 0. The average molecular weight is 205 g/mol. The predicted molar refractivity (Wildman–Crippen MR) is 56.3 cm³/mol. The summed E-state index contributed by atoms with van der Waals surface area (Å²) in [7, 11) is 0. The second kappa shape index (κ2) is 4.95. The molecule has 0 fully saturated rings. The third kappa shape index (κ3) is 2.95. The highest BCUT2D eigenvalue weighted by molar-refractivity contribution is 5.86. The zero-order chi connectivity index (χ0) is 11.3. The predicted octanol–water partition coefficient (Wildman–Crippen LogP) is 1.09. The van der Waals surface area contributed by atoms with Gasteiger partial charge in [-0.1, -0.05) is 24.3 Å². The molecule has 0 unspecified atom stereocenters. The molecule has 0 saturated carbocycles. The Morgan fingerprint density at radius 3 is 2.80 bits per heavy atom. The number of aldehydes is 1. The number of aromatic hydroxyl groups is 1. The molecule has 0 bridgehead atoms. The summed E-state index contributed by atoms with van der Waals surface area (Å²) in [6.45, 7) is 0. The number of carbonyl (C=O) groups is 2. The van der Waals surface area contributed by atoms with E-state index in [1.807, 2.05) is 0 Å². The van der Waals surface area contributed by atoms with Gasteiger partial charge in [-0.15, -0.1) is 0 Å². The summed E-state index contributed by atoms with van der Waals surface area (Å²) in [6.07, 6.45) is 3.80. The van der Waals surface area contributed by atoms with Gasteiger partial charge in [0.25, 0.3) is 0 Å². The Labute approximate surface area is 87.0 Å². The van der Waals surface area contributed by atoms with Gasteiger partial charge < -0.3 is 10.8 Å². The van der Waals surface area contributed by atoms with Crippen molar-refractivity contribution in [3.05, 3.63) is 35.4 Å². The largest absolute Gasteiger partial charge is 0.507 e. The lowest BCUT2D eigenvalue weighted by Crippen LogP contribution is -2.07. The highest BCUT2D eigenvalue weighted by Gasteiger charge is 2.03. The third-order valence-electron chi connectivity index (χ3n) is 1.85. The first-order valence-corrected chi connectivity index (χ1v) is 4.37. The zero-order valence-corrected chi connectivity index (χ0v) is 8.01. The van der Waals surface area contributed by atoms with Gasteiger partial charge in [-0.2, -0.15) is 0 Å². The van der Waals surface area contributed by atoms with Crippen molar-refractivity contribution in [3.63, 3.8) is 0 Å². The number of rotatable bonds is 4. The second-order valence-electron chi connectivity index (χ2n) is 2.97. The maximum Gasteiger partial charge on any atom is 0.221 e. The molecule has 3 N–H and O–H groups in total. The van der Waals surface area contributed by atoms with Crippen LogP contribution in [0.15, 0.2) is 24.3 Å². The number of hydrogen-bond donors (Lipinski definition) is 2. The van der Waals surface area contributed by atoms with Crippen LogP contribution in [-0.2, 0) is 4.79 Å². The van der Waals surface area contributed by atoms with Crippen LogP contribution in [0.25, 0.3) is 6.08 Å². The zero-order valence-electron chi connectivity index (χ0n) is 8.01. The van der Waals surface area contributed by atoms with Gasteiger partial charge in [-0.05, 0) is 11.6 Å². The van der Waals surface area contributed by atoms with Crippen LogP contribution in [0.2, 0.25) is 0 Å². The van der Waals surface area contributed by atoms with Crippen molar-refractivity contribution in [2.75, 3.05) is 0 Å². The molecule has 0 aliphatic heterocycles. The van der Waals surface area contributed by atoms with E-state index in [1.54, 1.807) is 24.3 Å². The van der Waals surface area contributed by atoms with E-state index in [0.29, 0.717) is 11.8 Å². The van der Waals surface area contributed by atoms with E-state index in [0.717, 1.165) is 0 Å². The number of hydrogen-bond acceptors (Lipinski definition) is 3. The summed E-state index contributed by atoms with van der Waals surface area (Å²) in [6, 6.07) is 4.71. The second-order valence-corrected chi connectivity index (χ2v) is 2.97. The fourth-order valence-electron chi connectivity index (χ4n) is 1.15. The minimum atomic E-state index is -0.445. The molecule has 0 aliphatic rings. The molecule has 0 saturated heterocycles. The smallest absolute Gasteiger partial charge is 0.221 e. The minimum Gasteiger partial charge on any atom is -0.507 e. The average Bonchev–Trinajstić information content (AvgIpc) is 2.17. The highest BCUT2D eigenvalue weighted by atomic mass is 16.3. The molecule has 0 heterocycles. The minimum absolute atomic E-state index is 0.0776. The van der Waals surface area contributed by atoms with E-state index in [-0.39, 0.29) is 17.7 Å². The molecule has 4 heteroatoms. The highest BCUT2D eigenvalue weighted by Crippen LogP contribution is 2.19. The van der Waals surface area contributed by atoms with Gasteiger partial charge in [0.15, 0.2) is 6.29 Å². The van der Waals surface area contributed by atoms with Crippen LogP contribution in [0.5, 0.6) is 5.75 Å². The van der Waals surface area contributed by atoms with Crippen LogP contribution in [-0.4, -0.2) is 17.3 Å². The van der Waals surface area contributed by atoms with Crippen LogP contribution < -0.4 is 5.73 Å². The van der Waals surface area contributed by atoms with E-state index >= 15 is 0 Å². The molecule has 0 atom stereocenters. The summed E-state index contributed by atoms with van der Waals surface area (Å²) in [4.78, 5) is 21.1. The van der Waals surface area contributed by atoms with E-state index in [4.69, 9.17) is 5.73 Å². The number of phenols is 1. The van der Waals surface area contributed by atoms with Crippen LogP contribution in [0.3, 0.4) is 0 Å². The van der Waals surface area contributed by atoms with E-state index in [9.17, 15) is 14.7 Å². The Morgan fingerprint density at radius 1 is 1.47 bits per heavy atom. The van der Waals surface area contributed by atoms with Crippen LogP contribution in [0, 0.1) is 0 Å². The molecule has 4 nitrogen and oxygen atoms in total. The number of benzene rings is 1. The van der Waals surface area contributed by atoms with Crippen LogP contribution >= 0.6 is 0 Å². The molecule has 0 radical (unpaired) electrons. The molecular formula is C11H11NO3. The van der Waals surface area contributed by atoms with Crippen molar-refractivity contribution < 1.29 is 14.7 Å². The lowest BCUT2D eigenvalue weighted by atomic mass is 10.1. The van der Waals surface area contributed by atoms with Crippen molar-refractivity contribution >= 4 is 18.3 Å². The van der Waals surface area contributed by atoms with E-state index < -0.39 is 5.91 Å². The Kier molecular flexibility index (Phi) is 3.62. The lowest BCUT2D eigenvalue weighted by Gasteiger charge is -2.00. The number of phenolic OH excluding ortho intramolecular Hbond substituents is 1. The topological polar surface area (TPSA) is 80.4 Å². The Morgan fingerprint density at radius 2 is 2.20 bits per heavy atom. The van der Waals surface area contributed by atoms with Crippen molar-refractivity contribution in [2.45, 2.75) is 6.42 Å². The van der Waals surface area contributed by atoms with E-state index in [1.165, 1.54) is 6.07 Å². The maximum absolute atomic E-state index is 10.7. The van der Waals surface area contributed by atoms with Gasteiger partial charge in [0.1, 0.15) is 5.75 Å². The quantitative estimate of drug-likeness (QED) is 0.722. The monoisotopic (exact) mass is 205 g/mol. The molecule has 78 valence electrons. The molecule has 15 heavy (non-hydrogen) atoms. The SMILES string of the molecule is NC(=O)CC=Cc1cccc(O)c1C=O. The van der Waals surface area contributed by atoms with Gasteiger partial charge in [0.05, 0.1) is 5.56 Å². The molecule has 0 aromatic heterocycles. The fraction of sp³-hybridized carbons (Fsp3) is 0.0909. The number of amides is 1. The lowest BCUT2D eigenvalue weighted by molar-refractivity contribution is -0.117. The molecule has 1 aromatic carbocycles. The number of nitrogens with two attached hydrogens (primary N) is 1. The number of primary amides is 1. The third-order valence-corrected chi connectivity index (χ3v) is 1.85. The standard InChI is InChI=1S/C11H11NO3/c12-11(15)6-2-4-8-3-1-5-10(14)9(8)7-13/h1-5,7,14H,6H2,(H2,12,15). The molecule has 1 amide bonds. The van der Waals surface area contributed by atoms with Crippen molar-refractivity contribution in [1.82, 2.24) is 0 Å². The molecule has 1 rings (SSSR count). The summed E-state index contributed by atoms with van der Waals surface area (Å²) < 4.78 is 0. The first-order valence-electron chi connectivity index (χ1n) is 4.37. The first kappa shape index (κ1) is 11.0. The summed E-state index contributed by atoms with van der Waals surface area (Å²) in [5.74, 6) is -0.523. The fourth-order valence-corrected chi connectivity index (χ4v) is 1.15. The summed E-state index contributed by atoms with van der Waals surface area (Å²) in [5.41, 5.74) is 5.72. The molecule has 0 aliphatic carbocycles. The Hall–Kier alpha value is -2.10. The van der Waals surface area contributed by atoms with Gasteiger partial charge in [0, 0.05) is 6.42 Å². The van der Waals surface area contributed by atoms with Crippen molar-refractivity contribution in [1.29, 1.82) is 0 Å². The molecular weight excluding hydrogens is 194 g/mol. The molecule has 0 spiro atoms. The first-order chi connectivity index (χ1) is 7.15. The van der Waals surface area contributed by atoms with E-state index in [2.05, 4.69) is 0 Å². The Balaban J connectivity index is 2.94. The van der Waals surface area contributed by atoms with Crippen molar-refractivity contribution in [3.8, 4) is 5.75 Å². The maximum atomic E-state index is 10.7. The van der Waals surface area contributed by atoms with Crippen LogP contribution in [0.1, 0.15) is 22.3 Å². The summed E-state index contributed by atoms with van der Waals surface area (Å²) in [5, 5.41) is 9.34. The van der Waals surface area contributed by atoms with Crippen LogP contribution in [0.4, 0.5) is 0 Å². The van der Waals surface area contributed by atoms with Gasteiger partial charge in [-0.25, -0.2) is 0 Å². The van der Waals surface area contributed by atoms with Crippen molar-refractivity contribution in [2.24, 2.45) is 5.73 Å². The Bertz CT molecular complexity index is 410.